The summed E-state index contributed by atoms with van der Waals surface area (Å²) in [6, 6.07) is -2.95. The van der Waals surface area contributed by atoms with E-state index < -0.39 is 41.1 Å². The molecule has 5 atom stereocenters. The summed E-state index contributed by atoms with van der Waals surface area (Å²) in [4.78, 5) is 69.7. The van der Waals surface area contributed by atoms with Gasteiger partial charge in [0.15, 0.2) is 0 Å². The number of ketones is 1. The molecule has 10 heteroatoms. The maximum absolute atomic E-state index is 14.5. The molecule has 0 bridgehead atoms. The fourth-order valence-electron chi connectivity index (χ4n) is 8.24. The first-order valence-corrected chi connectivity index (χ1v) is 18.4. The molecule has 3 unspecified atom stereocenters. The van der Waals surface area contributed by atoms with Crippen LogP contribution >= 0.6 is 0 Å². The van der Waals surface area contributed by atoms with Crippen molar-refractivity contribution in [2.45, 2.75) is 150 Å². The number of nitrogens with zero attached hydrogens (tertiary/aromatic N) is 1. The second kappa shape index (κ2) is 14.5. The highest BCUT2D eigenvalue weighted by Gasteiger charge is 2.70. The fourth-order valence-corrected chi connectivity index (χ4v) is 8.24. The van der Waals surface area contributed by atoms with Crippen LogP contribution in [0, 0.1) is 34.0 Å². The molecular formula is C38H63N5O5. The minimum absolute atomic E-state index is 0.0736. The minimum Gasteiger partial charge on any atom is -0.346 e. The van der Waals surface area contributed by atoms with Crippen LogP contribution in [-0.4, -0.2) is 71.2 Å². The predicted molar refractivity (Wildman–Crippen MR) is 188 cm³/mol. The Hall–Kier alpha value is -2.91. The van der Waals surface area contributed by atoms with Gasteiger partial charge in [-0.25, -0.2) is 4.79 Å². The average molecular weight is 670 g/mol. The Bertz CT molecular complexity index is 1240. The van der Waals surface area contributed by atoms with Gasteiger partial charge < -0.3 is 26.2 Å². The van der Waals surface area contributed by atoms with Gasteiger partial charge in [0.25, 0.3) is 5.91 Å². The average Bonchev–Trinajstić information content (AvgIpc) is 3.84. The van der Waals surface area contributed by atoms with Crippen molar-refractivity contribution >= 4 is 29.5 Å². The lowest BCUT2D eigenvalue weighted by atomic mass is 9.76. The molecule has 0 aromatic carbocycles. The van der Waals surface area contributed by atoms with Gasteiger partial charge in [-0.05, 0) is 66.1 Å². The smallest absolute Gasteiger partial charge is 0.315 e. The summed E-state index contributed by atoms with van der Waals surface area (Å²) in [5.74, 6) is -1.78. The molecule has 3 saturated carbocycles. The Morgan fingerprint density at radius 3 is 2.17 bits per heavy atom. The van der Waals surface area contributed by atoms with Crippen LogP contribution in [-0.2, 0) is 19.2 Å². The van der Waals surface area contributed by atoms with Crippen molar-refractivity contribution in [3.05, 3.63) is 12.7 Å². The van der Waals surface area contributed by atoms with Gasteiger partial charge in [0, 0.05) is 18.6 Å². The highest BCUT2D eigenvalue weighted by Crippen LogP contribution is 2.65. The monoisotopic (exact) mass is 669 g/mol. The van der Waals surface area contributed by atoms with Gasteiger partial charge in [-0.15, -0.1) is 6.58 Å². The Labute approximate surface area is 288 Å². The van der Waals surface area contributed by atoms with Gasteiger partial charge in [-0.1, -0.05) is 100.0 Å². The lowest BCUT2D eigenvalue weighted by Gasteiger charge is -2.41. The lowest BCUT2D eigenvalue weighted by Crippen LogP contribution is -2.63. The first kappa shape index (κ1) is 37.9. The number of fused-ring (bicyclic) bond motifs is 1. The van der Waals surface area contributed by atoms with E-state index in [1.54, 1.807) is 4.90 Å². The van der Waals surface area contributed by atoms with Crippen molar-refractivity contribution in [1.82, 2.24) is 26.2 Å². The van der Waals surface area contributed by atoms with Gasteiger partial charge >= 0.3 is 6.03 Å². The molecule has 10 nitrogen and oxygen atoms in total. The van der Waals surface area contributed by atoms with E-state index >= 15 is 0 Å². The number of amides is 5. The molecule has 1 heterocycles. The molecule has 5 amide bonds. The highest BCUT2D eigenvalue weighted by molar-refractivity contribution is 6.38. The zero-order valence-electron chi connectivity index (χ0n) is 30.9. The van der Waals surface area contributed by atoms with E-state index in [2.05, 4.69) is 62.5 Å². The third kappa shape index (κ3) is 9.20. The highest BCUT2D eigenvalue weighted by atomic mass is 16.2. The molecule has 4 fully saturated rings. The van der Waals surface area contributed by atoms with Crippen molar-refractivity contribution in [1.29, 1.82) is 0 Å². The molecule has 3 aliphatic carbocycles. The Morgan fingerprint density at radius 2 is 1.60 bits per heavy atom. The molecule has 4 rings (SSSR count). The quantitative estimate of drug-likeness (QED) is 0.148. The lowest BCUT2D eigenvalue weighted by molar-refractivity contribution is -0.145. The summed E-state index contributed by atoms with van der Waals surface area (Å²) in [5, 5.41) is 11.8. The zero-order chi connectivity index (χ0) is 35.7. The molecule has 4 aliphatic rings. The third-order valence-electron chi connectivity index (χ3n) is 11.4. The van der Waals surface area contributed by atoms with Crippen LogP contribution in [0.25, 0.3) is 0 Å². The summed E-state index contributed by atoms with van der Waals surface area (Å²) in [6.07, 6.45) is 12.0. The normalized spacial score (nSPS) is 25.6. The molecule has 1 saturated heterocycles. The second-order valence-electron chi connectivity index (χ2n) is 18.1. The van der Waals surface area contributed by atoms with Crippen LogP contribution in [0.15, 0.2) is 12.7 Å². The number of carbonyl (C=O) groups is 5. The number of piperidine rings is 1. The van der Waals surface area contributed by atoms with E-state index in [1.165, 1.54) is 6.08 Å². The van der Waals surface area contributed by atoms with Crippen molar-refractivity contribution in [3.63, 3.8) is 0 Å². The maximum atomic E-state index is 14.5. The van der Waals surface area contributed by atoms with E-state index in [-0.39, 0.29) is 52.6 Å². The fraction of sp³-hybridized carbons (Fsp3) is 0.816. The van der Waals surface area contributed by atoms with E-state index in [9.17, 15) is 24.0 Å². The van der Waals surface area contributed by atoms with E-state index in [0.29, 0.717) is 13.0 Å². The Balaban J connectivity index is 1.50. The Kier molecular flexibility index (Phi) is 11.5. The van der Waals surface area contributed by atoms with Crippen molar-refractivity contribution < 1.29 is 24.0 Å². The summed E-state index contributed by atoms with van der Waals surface area (Å²) < 4.78 is 0. The van der Waals surface area contributed by atoms with E-state index in [4.69, 9.17) is 0 Å². The molecule has 48 heavy (non-hydrogen) atoms. The number of rotatable bonds is 14. The summed E-state index contributed by atoms with van der Waals surface area (Å²) in [5.41, 5.74) is -0.837. The second-order valence-corrected chi connectivity index (χ2v) is 18.1. The van der Waals surface area contributed by atoms with Gasteiger partial charge in [-0.2, -0.15) is 0 Å². The number of carbonyl (C=O) groups excluding carboxylic acids is 5. The standard InChI is InChI=1S/C38H63N5O5/c1-10-21-39-32(46)29(44)26(22-24-15-16-24)40-31(45)28-27-25(37(27,8)9)23-43(28)33(47)30(36(5,6)7)41-34(48)42-38(18-12-11-13-19-38)20-14-17-35(2,3)4/h10,24-28,30H,1,11-23H2,2-9H3,(H,39,46)(H,40,45)(H2,41,42,48)/t25?,26?,27?,28-,30+/m0/s1. The van der Waals surface area contributed by atoms with Gasteiger partial charge in [0.2, 0.25) is 17.6 Å². The van der Waals surface area contributed by atoms with Gasteiger partial charge in [0.1, 0.15) is 12.1 Å². The molecule has 1 aliphatic heterocycles. The third-order valence-corrected chi connectivity index (χ3v) is 11.4. The molecular weight excluding hydrogens is 606 g/mol. The van der Waals surface area contributed by atoms with Crippen molar-refractivity contribution in [2.75, 3.05) is 13.1 Å². The first-order chi connectivity index (χ1) is 22.3. The summed E-state index contributed by atoms with van der Waals surface area (Å²) in [6.45, 7) is 20.9. The number of nitrogens with one attached hydrogen (secondary N) is 4. The largest absolute Gasteiger partial charge is 0.346 e. The number of hydrogen-bond donors (Lipinski definition) is 4. The van der Waals surface area contributed by atoms with E-state index in [1.807, 2.05) is 20.8 Å². The van der Waals surface area contributed by atoms with Crippen LogP contribution < -0.4 is 21.3 Å². The van der Waals surface area contributed by atoms with Crippen LogP contribution in [0.4, 0.5) is 4.79 Å². The first-order valence-electron chi connectivity index (χ1n) is 18.4. The predicted octanol–water partition coefficient (Wildman–Crippen LogP) is 5.26. The van der Waals surface area contributed by atoms with Gasteiger partial charge in [-0.3, -0.25) is 19.2 Å². The molecule has 270 valence electrons. The maximum Gasteiger partial charge on any atom is 0.315 e. The molecule has 0 radical (unpaired) electrons. The number of likely N-dealkylation sites (tertiary alicyclic amines) is 1. The molecule has 0 aromatic rings. The number of urea groups is 1. The van der Waals surface area contributed by atoms with Crippen LogP contribution in [0.1, 0.15) is 126 Å². The number of hydrogen-bond acceptors (Lipinski definition) is 5. The molecule has 0 aromatic heterocycles. The summed E-state index contributed by atoms with van der Waals surface area (Å²) in [7, 11) is 0. The van der Waals surface area contributed by atoms with E-state index in [0.717, 1.165) is 64.2 Å². The van der Waals surface area contributed by atoms with Crippen LogP contribution in [0.3, 0.4) is 0 Å². The summed E-state index contributed by atoms with van der Waals surface area (Å²) >= 11 is 0. The van der Waals surface area contributed by atoms with Gasteiger partial charge in [0.05, 0.1) is 6.04 Å². The molecule has 4 N–H and O–H groups in total. The van der Waals surface area contributed by atoms with Crippen molar-refractivity contribution in [3.8, 4) is 0 Å². The zero-order valence-corrected chi connectivity index (χ0v) is 30.9. The Morgan fingerprint density at radius 1 is 0.958 bits per heavy atom. The molecule has 0 spiro atoms. The number of Topliss-reactive ketones (excluding diaryl/α,β-unsaturated/α-hetero) is 1. The van der Waals surface area contributed by atoms with Crippen LogP contribution in [0.5, 0.6) is 0 Å². The SMILES string of the molecule is C=CCNC(=O)C(=O)C(CC1CC1)NC(=O)[C@@H]1C2C(CN1C(=O)[C@@H](NC(=O)NC1(CCCC(C)(C)C)CCCCC1)C(C)(C)C)C2(C)C. The minimum atomic E-state index is -0.958. The van der Waals surface area contributed by atoms with Crippen LogP contribution in [0.2, 0.25) is 0 Å². The topological polar surface area (TPSA) is 137 Å². The van der Waals surface area contributed by atoms with Crippen molar-refractivity contribution in [2.24, 2.45) is 34.0 Å².